The summed E-state index contributed by atoms with van der Waals surface area (Å²) in [6.45, 7) is 3.64. The summed E-state index contributed by atoms with van der Waals surface area (Å²) in [6.07, 6.45) is 3.39. The molecule has 1 aromatic carbocycles. The van der Waals surface area contributed by atoms with Gasteiger partial charge in [-0.2, -0.15) is 0 Å². The number of cyclic esters (lactones) is 1. The van der Waals surface area contributed by atoms with Crippen molar-refractivity contribution < 1.29 is 9.53 Å². The lowest BCUT2D eigenvalue weighted by Gasteiger charge is -2.27. The van der Waals surface area contributed by atoms with Crippen molar-refractivity contribution >= 4 is 41.7 Å². The van der Waals surface area contributed by atoms with Crippen molar-refractivity contribution in [2.24, 2.45) is 10.7 Å². The van der Waals surface area contributed by atoms with E-state index in [0.29, 0.717) is 25.7 Å². The molecule has 0 radical (unpaired) electrons. The van der Waals surface area contributed by atoms with Gasteiger partial charge in [-0.1, -0.05) is 12.1 Å². The minimum atomic E-state index is -0.278. The number of nitrogens with two attached hydrogens (primary N) is 1. The molecule has 2 heterocycles. The lowest BCUT2D eigenvalue weighted by molar-refractivity contribution is 0.181. The maximum absolute atomic E-state index is 11.5. The van der Waals surface area contributed by atoms with Gasteiger partial charge in [0, 0.05) is 18.8 Å². The fourth-order valence-corrected chi connectivity index (χ4v) is 2.80. The number of nitrogens with zero attached hydrogens (tertiary/aromatic N) is 3. The number of amides is 1. The summed E-state index contributed by atoms with van der Waals surface area (Å²) in [5.74, 6) is 0.631. The Balaban J connectivity index is 0.00000192. The number of halogens is 1. The minimum Gasteiger partial charge on any atom is -0.447 e. The number of aliphatic imine (C=N–C) groups is 1. The van der Waals surface area contributed by atoms with E-state index in [1.165, 1.54) is 19.3 Å². The van der Waals surface area contributed by atoms with Gasteiger partial charge in [-0.25, -0.2) is 9.79 Å². The summed E-state index contributed by atoms with van der Waals surface area (Å²) >= 11 is 0. The largest absolute Gasteiger partial charge is 0.447 e. The number of carbonyl (C=O) groups excluding carboxylic acids is 1. The third-order valence-corrected chi connectivity index (χ3v) is 4.11. The van der Waals surface area contributed by atoms with Crippen LogP contribution in [0.25, 0.3) is 0 Å². The van der Waals surface area contributed by atoms with Crippen LogP contribution in [0.1, 0.15) is 24.8 Å². The number of likely N-dealkylation sites (tertiary alicyclic amines) is 1. The number of rotatable bonds is 3. The number of ether oxygens (including phenoxy) is 1. The van der Waals surface area contributed by atoms with Crippen LogP contribution in [0.5, 0.6) is 0 Å². The molecule has 0 unspecified atom stereocenters. The fraction of sp³-hybridized carbons (Fsp3) is 0.500. The number of hydrogen-bond acceptors (Lipinski definition) is 3. The fourth-order valence-electron chi connectivity index (χ4n) is 2.80. The lowest BCUT2D eigenvalue weighted by Crippen LogP contribution is -2.40. The highest BCUT2D eigenvalue weighted by molar-refractivity contribution is 14.0. The molecule has 0 aromatic heterocycles. The molecule has 0 atom stereocenters. The molecule has 0 saturated carbocycles. The molecular formula is C16H23IN4O2. The van der Waals surface area contributed by atoms with Crippen molar-refractivity contribution in [3.8, 4) is 0 Å². The van der Waals surface area contributed by atoms with E-state index in [4.69, 9.17) is 10.5 Å². The van der Waals surface area contributed by atoms with E-state index in [2.05, 4.69) is 9.89 Å². The van der Waals surface area contributed by atoms with Crippen LogP contribution in [-0.4, -0.2) is 43.2 Å². The quantitative estimate of drug-likeness (QED) is 0.455. The summed E-state index contributed by atoms with van der Waals surface area (Å²) < 4.78 is 4.94. The topological polar surface area (TPSA) is 71.2 Å². The second-order valence-corrected chi connectivity index (χ2v) is 5.65. The van der Waals surface area contributed by atoms with E-state index in [1.807, 2.05) is 24.3 Å². The van der Waals surface area contributed by atoms with Gasteiger partial charge >= 0.3 is 6.09 Å². The van der Waals surface area contributed by atoms with E-state index < -0.39 is 0 Å². The normalized spacial score (nSPS) is 18.6. The number of hydrogen-bond donors (Lipinski definition) is 1. The van der Waals surface area contributed by atoms with Crippen molar-refractivity contribution in [1.29, 1.82) is 0 Å². The number of benzene rings is 1. The van der Waals surface area contributed by atoms with Gasteiger partial charge in [0.25, 0.3) is 0 Å². The standard InChI is InChI=1S/C16H22N4O2.HI/c17-15(19-8-2-1-3-9-19)18-12-13-4-6-14(7-5-13)20-10-11-22-16(20)21;/h4-7H,1-3,8-12H2,(H2,17,18);1H. The zero-order chi connectivity index (χ0) is 15.4. The Morgan fingerprint density at radius 1 is 1.13 bits per heavy atom. The van der Waals surface area contributed by atoms with Crippen LogP contribution < -0.4 is 10.6 Å². The van der Waals surface area contributed by atoms with E-state index in [-0.39, 0.29) is 30.1 Å². The highest BCUT2D eigenvalue weighted by Gasteiger charge is 2.23. The zero-order valence-electron chi connectivity index (χ0n) is 13.1. The first-order valence-electron chi connectivity index (χ1n) is 7.82. The van der Waals surface area contributed by atoms with E-state index in [0.717, 1.165) is 24.3 Å². The molecule has 2 aliphatic heterocycles. The van der Waals surface area contributed by atoms with Crippen LogP contribution in [-0.2, 0) is 11.3 Å². The summed E-state index contributed by atoms with van der Waals surface area (Å²) in [5, 5.41) is 0. The van der Waals surface area contributed by atoms with Crippen molar-refractivity contribution in [3.05, 3.63) is 29.8 Å². The first-order valence-corrected chi connectivity index (χ1v) is 7.82. The molecule has 1 aromatic rings. The molecular weight excluding hydrogens is 407 g/mol. The monoisotopic (exact) mass is 430 g/mol. The van der Waals surface area contributed by atoms with Crippen molar-refractivity contribution in [2.75, 3.05) is 31.1 Å². The van der Waals surface area contributed by atoms with Crippen LogP contribution in [0.4, 0.5) is 10.5 Å². The van der Waals surface area contributed by atoms with Gasteiger partial charge in [0.15, 0.2) is 5.96 Å². The number of guanidine groups is 1. The van der Waals surface area contributed by atoms with Crippen LogP contribution >= 0.6 is 24.0 Å². The van der Waals surface area contributed by atoms with Crippen molar-refractivity contribution in [3.63, 3.8) is 0 Å². The predicted octanol–water partition coefficient (Wildman–Crippen LogP) is 2.56. The second-order valence-electron chi connectivity index (χ2n) is 5.65. The number of piperidine rings is 1. The van der Waals surface area contributed by atoms with Gasteiger partial charge in [-0.3, -0.25) is 4.90 Å². The Morgan fingerprint density at radius 2 is 1.83 bits per heavy atom. The number of carbonyl (C=O) groups is 1. The van der Waals surface area contributed by atoms with Gasteiger partial charge in [-0.05, 0) is 37.0 Å². The third kappa shape index (κ3) is 4.49. The van der Waals surface area contributed by atoms with Crippen LogP contribution in [0, 0.1) is 0 Å². The molecule has 7 heteroatoms. The van der Waals surface area contributed by atoms with Gasteiger partial charge in [0.05, 0.1) is 13.1 Å². The van der Waals surface area contributed by atoms with Gasteiger partial charge in [-0.15, -0.1) is 24.0 Å². The van der Waals surface area contributed by atoms with Gasteiger partial charge < -0.3 is 15.4 Å². The van der Waals surface area contributed by atoms with E-state index in [1.54, 1.807) is 4.90 Å². The molecule has 2 N–H and O–H groups in total. The molecule has 2 saturated heterocycles. The average Bonchev–Trinajstić information content (AvgIpc) is 3.00. The molecule has 0 bridgehead atoms. The molecule has 2 aliphatic rings. The molecule has 6 nitrogen and oxygen atoms in total. The third-order valence-electron chi connectivity index (χ3n) is 4.11. The molecule has 1 amide bonds. The molecule has 3 rings (SSSR count). The van der Waals surface area contributed by atoms with Crippen LogP contribution in [0.15, 0.2) is 29.3 Å². The smallest absolute Gasteiger partial charge is 0.414 e. The average molecular weight is 430 g/mol. The van der Waals surface area contributed by atoms with Crippen molar-refractivity contribution in [1.82, 2.24) is 4.90 Å². The Bertz CT molecular complexity index is 556. The molecule has 0 spiro atoms. The maximum atomic E-state index is 11.5. The first-order chi connectivity index (χ1) is 10.7. The molecule has 126 valence electrons. The highest BCUT2D eigenvalue weighted by Crippen LogP contribution is 2.19. The summed E-state index contributed by atoms with van der Waals surface area (Å²) in [4.78, 5) is 19.8. The Hall–Kier alpha value is -1.51. The van der Waals surface area contributed by atoms with Gasteiger partial charge in [0.1, 0.15) is 6.61 Å². The Labute approximate surface area is 153 Å². The summed E-state index contributed by atoms with van der Waals surface area (Å²) in [6, 6.07) is 7.81. The summed E-state index contributed by atoms with van der Waals surface area (Å²) in [7, 11) is 0. The van der Waals surface area contributed by atoms with Crippen LogP contribution in [0.3, 0.4) is 0 Å². The van der Waals surface area contributed by atoms with Crippen LogP contribution in [0.2, 0.25) is 0 Å². The molecule has 23 heavy (non-hydrogen) atoms. The first kappa shape index (κ1) is 17.8. The lowest BCUT2D eigenvalue weighted by atomic mass is 10.1. The molecule has 0 aliphatic carbocycles. The minimum absolute atomic E-state index is 0. The second kappa shape index (κ2) is 8.37. The Morgan fingerprint density at radius 3 is 2.43 bits per heavy atom. The Kier molecular flexibility index (Phi) is 6.49. The maximum Gasteiger partial charge on any atom is 0.414 e. The predicted molar refractivity (Wildman–Crippen MR) is 101 cm³/mol. The number of anilines is 1. The van der Waals surface area contributed by atoms with E-state index >= 15 is 0 Å². The van der Waals surface area contributed by atoms with Gasteiger partial charge in [0.2, 0.25) is 0 Å². The summed E-state index contributed by atoms with van der Waals surface area (Å²) in [5.41, 5.74) is 7.99. The van der Waals surface area contributed by atoms with E-state index in [9.17, 15) is 4.79 Å². The SMILES string of the molecule is I.NC(=NCc1ccc(N2CCOC2=O)cc1)N1CCCCC1. The molecule has 2 fully saturated rings. The van der Waals surface area contributed by atoms with Crippen molar-refractivity contribution in [2.45, 2.75) is 25.8 Å². The highest BCUT2D eigenvalue weighted by atomic mass is 127. The zero-order valence-corrected chi connectivity index (χ0v) is 15.4.